The monoisotopic (exact) mass is 480 g/mol. The van der Waals surface area contributed by atoms with Crippen molar-refractivity contribution in [3.8, 4) is 10.6 Å². The summed E-state index contributed by atoms with van der Waals surface area (Å²) in [7, 11) is -3.10. The van der Waals surface area contributed by atoms with Crippen LogP contribution in [0.25, 0.3) is 21.6 Å². The van der Waals surface area contributed by atoms with Crippen molar-refractivity contribution in [2.45, 2.75) is 33.2 Å². The van der Waals surface area contributed by atoms with Crippen molar-refractivity contribution in [1.29, 1.82) is 0 Å². The highest BCUT2D eigenvalue weighted by atomic mass is 32.2. The number of carbonyl (C=O) groups is 1. The number of carbonyl (C=O) groups excluding carboxylic acids is 1. The molecule has 0 saturated carbocycles. The predicted octanol–water partition coefficient (Wildman–Crippen LogP) is 4.70. The van der Waals surface area contributed by atoms with E-state index in [1.165, 1.54) is 11.3 Å². The fraction of sp³-hybridized carbons (Fsp3) is 0.292. The maximum atomic E-state index is 13.5. The van der Waals surface area contributed by atoms with Crippen molar-refractivity contribution in [2.75, 3.05) is 16.8 Å². The normalized spacial score (nSPS) is 17.5. The summed E-state index contributed by atoms with van der Waals surface area (Å²) in [5.74, 6) is -0.0588. The molecule has 33 heavy (non-hydrogen) atoms. The van der Waals surface area contributed by atoms with Gasteiger partial charge in [-0.1, -0.05) is 18.2 Å². The van der Waals surface area contributed by atoms with Gasteiger partial charge in [0, 0.05) is 5.69 Å². The molecule has 0 bridgehead atoms. The number of thiophene rings is 1. The molecule has 1 atom stereocenters. The smallest absolute Gasteiger partial charge is 0.256 e. The number of benzene rings is 1. The summed E-state index contributed by atoms with van der Waals surface area (Å²) in [5, 5.41) is 10.3. The van der Waals surface area contributed by atoms with E-state index in [4.69, 9.17) is 4.98 Å². The predicted molar refractivity (Wildman–Crippen MR) is 132 cm³/mol. The molecule has 0 radical (unpaired) electrons. The number of hydrogen-bond acceptors (Lipinski definition) is 6. The van der Waals surface area contributed by atoms with E-state index < -0.39 is 9.84 Å². The molecule has 1 aromatic carbocycles. The van der Waals surface area contributed by atoms with Gasteiger partial charge in [-0.15, -0.1) is 11.3 Å². The minimum Gasteiger partial charge on any atom is -0.322 e. The zero-order valence-electron chi connectivity index (χ0n) is 18.6. The van der Waals surface area contributed by atoms with E-state index in [0.717, 1.165) is 21.7 Å². The lowest BCUT2D eigenvalue weighted by atomic mass is 10.1. The summed E-state index contributed by atoms with van der Waals surface area (Å²) >= 11 is 1.54. The molecule has 5 rings (SSSR count). The summed E-state index contributed by atoms with van der Waals surface area (Å²) in [6.45, 7) is 5.78. The maximum Gasteiger partial charge on any atom is 0.256 e. The first-order chi connectivity index (χ1) is 15.7. The number of fused-ring (bicyclic) bond motifs is 1. The van der Waals surface area contributed by atoms with Crippen molar-refractivity contribution < 1.29 is 13.2 Å². The number of amides is 1. The highest BCUT2D eigenvalue weighted by molar-refractivity contribution is 7.91. The van der Waals surface area contributed by atoms with Crippen LogP contribution >= 0.6 is 11.3 Å². The molecule has 1 N–H and O–H groups in total. The number of anilines is 1. The number of aryl methyl sites for hydroxylation is 3. The average molecular weight is 481 g/mol. The van der Waals surface area contributed by atoms with Gasteiger partial charge in [0.15, 0.2) is 15.5 Å². The zero-order chi connectivity index (χ0) is 23.3. The van der Waals surface area contributed by atoms with E-state index in [0.29, 0.717) is 34.4 Å². The van der Waals surface area contributed by atoms with Gasteiger partial charge in [-0.2, -0.15) is 5.10 Å². The summed E-state index contributed by atoms with van der Waals surface area (Å²) in [4.78, 5) is 19.3. The Morgan fingerprint density at radius 3 is 2.70 bits per heavy atom. The molecule has 1 saturated heterocycles. The minimum atomic E-state index is -3.10. The van der Waals surface area contributed by atoms with Crippen LogP contribution in [0.4, 0.5) is 5.69 Å². The molecule has 7 nitrogen and oxygen atoms in total. The van der Waals surface area contributed by atoms with E-state index in [2.05, 4.69) is 10.4 Å². The molecule has 0 aliphatic carbocycles. The minimum absolute atomic E-state index is 0.0398. The standard InChI is InChI=1S/C24H24N4O3S2/c1-14-6-7-15(2)19(11-14)26-24(29)18-12-20(21-5-4-9-32-21)25-23-22(18)16(3)27-28(23)17-8-10-33(30,31)13-17/h4-7,9,11-12,17H,8,10,13H2,1-3H3,(H,26,29). The second-order valence-corrected chi connectivity index (χ2v) is 11.8. The van der Waals surface area contributed by atoms with E-state index >= 15 is 0 Å². The first-order valence-corrected chi connectivity index (χ1v) is 13.4. The van der Waals surface area contributed by atoms with Gasteiger partial charge < -0.3 is 5.32 Å². The van der Waals surface area contributed by atoms with Gasteiger partial charge in [0.2, 0.25) is 0 Å². The van der Waals surface area contributed by atoms with E-state index in [1.807, 2.05) is 56.5 Å². The van der Waals surface area contributed by atoms with E-state index in [1.54, 1.807) is 10.7 Å². The van der Waals surface area contributed by atoms with Crippen LogP contribution in [-0.4, -0.2) is 40.6 Å². The topological polar surface area (TPSA) is 93.9 Å². The second kappa shape index (κ2) is 8.07. The number of nitrogens with one attached hydrogen (secondary N) is 1. The quantitative estimate of drug-likeness (QED) is 0.457. The van der Waals surface area contributed by atoms with Gasteiger partial charge in [-0.05, 0) is 61.9 Å². The fourth-order valence-corrected chi connectivity index (χ4v) is 6.70. The van der Waals surface area contributed by atoms with Gasteiger partial charge in [0.05, 0.1) is 44.8 Å². The van der Waals surface area contributed by atoms with Gasteiger partial charge in [-0.25, -0.2) is 18.1 Å². The van der Waals surface area contributed by atoms with Gasteiger partial charge >= 0.3 is 0 Å². The summed E-state index contributed by atoms with van der Waals surface area (Å²) in [6.07, 6.45) is 0.494. The third-order valence-electron chi connectivity index (χ3n) is 6.05. The lowest BCUT2D eigenvalue weighted by molar-refractivity contribution is 0.102. The van der Waals surface area contributed by atoms with Crippen molar-refractivity contribution in [3.05, 3.63) is 64.2 Å². The van der Waals surface area contributed by atoms with Crippen LogP contribution in [0, 0.1) is 20.8 Å². The average Bonchev–Trinajstić information content (AvgIpc) is 3.49. The fourth-order valence-electron chi connectivity index (χ4n) is 4.33. The number of nitrogens with zero attached hydrogens (tertiary/aromatic N) is 3. The Hall–Kier alpha value is -3.04. The zero-order valence-corrected chi connectivity index (χ0v) is 20.3. The Morgan fingerprint density at radius 1 is 1.18 bits per heavy atom. The molecule has 9 heteroatoms. The summed E-state index contributed by atoms with van der Waals surface area (Å²) in [6, 6.07) is 11.4. The highest BCUT2D eigenvalue weighted by Crippen LogP contribution is 2.33. The lowest BCUT2D eigenvalue weighted by Gasteiger charge is -2.13. The first-order valence-electron chi connectivity index (χ1n) is 10.7. The van der Waals surface area contributed by atoms with E-state index in [9.17, 15) is 13.2 Å². The Kier molecular flexibility index (Phi) is 5.33. The Labute approximate surface area is 196 Å². The number of rotatable bonds is 4. The molecule has 1 aliphatic rings. The van der Waals surface area contributed by atoms with Crippen LogP contribution in [-0.2, 0) is 9.84 Å². The van der Waals surface area contributed by atoms with Gasteiger partial charge in [-0.3, -0.25) is 4.79 Å². The molecule has 4 aromatic rings. The third kappa shape index (κ3) is 4.06. The summed E-state index contributed by atoms with van der Waals surface area (Å²) in [5.41, 5.74) is 5.15. The molecule has 3 aromatic heterocycles. The largest absolute Gasteiger partial charge is 0.322 e. The van der Waals surface area contributed by atoms with Gasteiger partial charge in [0.1, 0.15) is 0 Å². The molecule has 0 spiro atoms. The van der Waals surface area contributed by atoms with Crippen LogP contribution in [0.15, 0.2) is 41.8 Å². The van der Waals surface area contributed by atoms with Crippen LogP contribution in [0.5, 0.6) is 0 Å². The lowest BCUT2D eigenvalue weighted by Crippen LogP contribution is -2.15. The molecular formula is C24H24N4O3S2. The van der Waals surface area contributed by atoms with Crippen LogP contribution in [0.2, 0.25) is 0 Å². The highest BCUT2D eigenvalue weighted by Gasteiger charge is 2.32. The number of aromatic nitrogens is 3. The van der Waals surface area contributed by atoms with Crippen molar-refractivity contribution in [1.82, 2.24) is 14.8 Å². The second-order valence-electron chi connectivity index (χ2n) is 8.59. The van der Waals surface area contributed by atoms with Crippen LogP contribution < -0.4 is 5.32 Å². The summed E-state index contributed by atoms with van der Waals surface area (Å²) < 4.78 is 26.0. The molecule has 1 aliphatic heterocycles. The van der Waals surface area contributed by atoms with Crippen LogP contribution in [0.1, 0.15) is 39.6 Å². The molecule has 1 fully saturated rings. The van der Waals surface area contributed by atoms with Crippen LogP contribution in [0.3, 0.4) is 0 Å². The molecule has 4 heterocycles. The molecule has 1 amide bonds. The Bertz CT molecular complexity index is 1490. The number of pyridine rings is 1. The van der Waals surface area contributed by atoms with Crippen molar-refractivity contribution >= 4 is 43.8 Å². The maximum absolute atomic E-state index is 13.5. The molecule has 170 valence electrons. The Balaban J connectivity index is 1.67. The third-order valence-corrected chi connectivity index (χ3v) is 8.69. The number of sulfone groups is 1. The van der Waals surface area contributed by atoms with Crippen molar-refractivity contribution in [3.63, 3.8) is 0 Å². The molecule has 1 unspecified atom stereocenters. The first kappa shape index (κ1) is 21.8. The molecular weight excluding hydrogens is 456 g/mol. The Morgan fingerprint density at radius 2 is 2.00 bits per heavy atom. The van der Waals surface area contributed by atoms with E-state index in [-0.39, 0.29) is 23.5 Å². The SMILES string of the molecule is Cc1ccc(C)c(NC(=O)c2cc(-c3cccs3)nc3c2c(C)nn3C2CCS(=O)(=O)C2)c1. The van der Waals surface area contributed by atoms with Crippen molar-refractivity contribution in [2.24, 2.45) is 0 Å². The number of hydrogen-bond donors (Lipinski definition) is 1. The van der Waals surface area contributed by atoms with Gasteiger partial charge in [0.25, 0.3) is 5.91 Å².